The van der Waals surface area contributed by atoms with Gasteiger partial charge in [0.05, 0.1) is 18.2 Å². The summed E-state index contributed by atoms with van der Waals surface area (Å²) in [5.41, 5.74) is 0.582. The summed E-state index contributed by atoms with van der Waals surface area (Å²) < 4.78 is 18.5. The molecule has 1 aliphatic heterocycles. The summed E-state index contributed by atoms with van der Waals surface area (Å²) in [5.74, 6) is -0.518. The van der Waals surface area contributed by atoms with Crippen molar-refractivity contribution in [1.29, 1.82) is 0 Å². The topological polar surface area (TPSA) is 38.3 Å². The minimum atomic E-state index is -0.339. The van der Waals surface area contributed by atoms with Crippen molar-refractivity contribution in [2.24, 2.45) is 5.92 Å². The molecule has 1 aromatic carbocycles. The molecule has 1 aliphatic rings. The summed E-state index contributed by atoms with van der Waals surface area (Å²) in [5, 5.41) is 2.75. The van der Waals surface area contributed by atoms with Gasteiger partial charge in [-0.25, -0.2) is 4.39 Å². The van der Waals surface area contributed by atoms with E-state index in [1.165, 1.54) is 18.2 Å². The van der Waals surface area contributed by atoms with Gasteiger partial charge in [0.1, 0.15) is 5.82 Å². The van der Waals surface area contributed by atoms with Crippen LogP contribution in [0.3, 0.4) is 0 Å². The Kier molecular flexibility index (Phi) is 3.56. The first-order chi connectivity index (χ1) is 7.66. The Labute approximate surface area is 101 Å². The lowest BCUT2D eigenvalue weighted by Crippen LogP contribution is -2.23. The molecule has 1 fully saturated rings. The van der Waals surface area contributed by atoms with E-state index >= 15 is 0 Å². The number of nitrogens with one attached hydrogen (secondary N) is 1. The highest BCUT2D eigenvalue weighted by molar-refractivity contribution is 9.10. The van der Waals surface area contributed by atoms with Crippen molar-refractivity contribution >= 4 is 27.5 Å². The highest BCUT2D eigenvalue weighted by atomic mass is 79.9. The van der Waals surface area contributed by atoms with E-state index in [-0.39, 0.29) is 17.6 Å². The average Bonchev–Trinajstić information content (AvgIpc) is 2.75. The number of carbonyl (C=O) groups is 1. The zero-order chi connectivity index (χ0) is 11.5. The molecule has 0 bridgehead atoms. The molecule has 0 spiro atoms. The zero-order valence-electron chi connectivity index (χ0n) is 8.50. The van der Waals surface area contributed by atoms with Crippen LogP contribution in [0.2, 0.25) is 0 Å². The lowest BCUT2D eigenvalue weighted by Gasteiger charge is -2.10. The maximum Gasteiger partial charge on any atom is 0.229 e. The first-order valence-corrected chi connectivity index (χ1v) is 5.80. The monoisotopic (exact) mass is 287 g/mol. The van der Waals surface area contributed by atoms with Gasteiger partial charge in [0.25, 0.3) is 0 Å². The predicted octanol–water partition coefficient (Wildman–Crippen LogP) is 2.56. The Bertz CT molecular complexity index is 405. The van der Waals surface area contributed by atoms with Crippen LogP contribution in [0, 0.1) is 11.7 Å². The molecule has 86 valence electrons. The molecule has 0 aliphatic carbocycles. The first kappa shape index (κ1) is 11.5. The SMILES string of the molecule is O=C(Nc1ccc(F)cc1Br)C1CCOC1. The van der Waals surface area contributed by atoms with Crippen LogP contribution in [0.25, 0.3) is 0 Å². The molecule has 1 aromatic rings. The fourth-order valence-corrected chi connectivity index (χ4v) is 2.02. The number of amides is 1. The maximum absolute atomic E-state index is 12.8. The number of carbonyl (C=O) groups excluding carboxylic acids is 1. The van der Waals surface area contributed by atoms with Gasteiger partial charge in [-0.05, 0) is 40.5 Å². The second kappa shape index (κ2) is 4.93. The van der Waals surface area contributed by atoms with Gasteiger partial charge in [-0.1, -0.05) is 0 Å². The summed E-state index contributed by atoms with van der Waals surface area (Å²) in [6, 6.07) is 4.17. The van der Waals surface area contributed by atoms with Gasteiger partial charge in [0.2, 0.25) is 5.91 Å². The number of anilines is 1. The van der Waals surface area contributed by atoms with Crippen molar-refractivity contribution in [3.8, 4) is 0 Å². The molecule has 1 saturated heterocycles. The summed E-state index contributed by atoms with van der Waals surface area (Å²) in [7, 11) is 0. The van der Waals surface area contributed by atoms with E-state index < -0.39 is 0 Å². The van der Waals surface area contributed by atoms with E-state index in [2.05, 4.69) is 21.2 Å². The van der Waals surface area contributed by atoms with Gasteiger partial charge in [-0.15, -0.1) is 0 Å². The Balaban J connectivity index is 2.05. The van der Waals surface area contributed by atoms with E-state index in [1.807, 2.05) is 0 Å². The minimum absolute atomic E-state index is 0.0789. The molecule has 0 aromatic heterocycles. The van der Waals surface area contributed by atoms with Gasteiger partial charge in [-0.3, -0.25) is 4.79 Å². The summed E-state index contributed by atoms with van der Waals surface area (Å²) in [6.07, 6.45) is 0.741. The average molecular weight is 288 g/mol. The number of hydrogen-bond acceptors (Lipinski definition) is 2. The number of ether oxygens (including phenoxy) is 1. The largest absolute Gasteiger partial charge is 0.381 e. The standard InChI is InChI=1S/C11H11BrFNO2/c12-9-5-8(13)1-2-10(9)14-11(15)7-3-4-16-6-7/h1-2,5,7H,3-4,6H2,(H,14,15). The van der Waals surface area contributed by atoms with E-state index in [1.54, 1.807) is 0 Å². The Hall–Kier alpha value is -0.940. The zero-order valence-corrected chi connectivity index (χ0v) is 10.1. The Morgan fingerprint density at radius 2 is 2.38 bits per heavy atom. The van der Waals surface area contributed by atoms with Gasteiger partial charge in [-0.2, -0.15) is 0 Å². The van der Waals surface area contributed by atoms with E-state index in [4.69, 9.17) is 4.74 Å². The summed E-state index contributed by atoms with van der Waals surface area (Å²) in [6.45, 7) is 1.09. The minimum Gasteiger partial charge on any atom is -0.381 e. The van der Waals surface area contributed by atoms with Crippen molar-refractivity contribution in [1.82, 2.24) is 0 Å². The quantitative estimate of drug-likeness (QED) is 0.908. The highest BCUT2D eigenvalue weighted by Gasteiger charge is 2.23. The maximum atomic E-state index is 12.8. The molecule has 1 N–H and O–H groups in total. The van der Waals surface area contributed by atoms with Crippen molar-refractivity contribution < 1.29 is 13.9 Å². The molecule has 1 heterocycles. The second-order valence-electron chi connectivity index (χ2n) is 3.67. The Morgan fingerprint density at radius 1 is 1.56 bits per heavy atom. The van der Waals surface area contributed by atoms with Crippen molar-refractivity contribution in [2.45, 2.75) is 6.42 Å². The molecule has 1 amide bonds. The lowest BCUT2D eigenvalue weighted by atomic mass is 10.1. The van der Waals surface area contributed by atoms with Crippen LogP contribution in [0.4, 0.5) is 10.1 Å². The third kappa shape index (κ3) is 2.59. The molecule has 0 radical (unpaired) electrons. The van der Waals surface area contributed by atoms with Gasteiger partial charge >= 0.3 is 0 Å². The highest BCUT2D eigenvalue weighted by Crippen LogP contribution is 2.24. The third-order valence-electron chi connectivity index (χ3n) is 2.49. The molecule has 1 atom stereocenters. The molecule has 2 rings (SSSR count). The molecule has 3 nitrogen and oxygen atoms in total. The third-order valence-corrected chi connectivity index (χ3v) is 3.15. The fourth-order valence-electron chi connectivity index (χ4n) is 1.57. The van der Waals surface area contributed by atoms with Crippen LogP contribution in [0.1, 0.15) is 6.42 Å². The smallest absolute Gasteiger partial charge is 0.229 e. The van der Waals surface area contributed by atoms with Crippen LogP contribution in [-0.2, 0) is 9.53 Å². The van der Waals surface area contributed by atoms with Crippen molar-refractivity contribution in [2.75, 3.05) is 18.5 Å². The summed E-state index contributed by atoms with van der Waals surface area (Å²) >= 11 is 3.20. The van der Waals surface area contributed by atoms with Crippen molar-refractivity contribution in [3.63, 3.8) is 0 Å². The van der Waals surface area contributed by atoms with Gasteiger partial charge < -0.3 is 10.1 Å². The molecule has 0 saturated carbocycles. The van der Waals surface area contributed by atoms with Crippen LogP contribution >= 0.6 is 15.9 Å². The van der Waals surface area contributed by atoms with E-state index in [9.17, 15) is 9.18 Å². The number of halogens is 2. The summed E-state index contributed by atoms with van der Waals surface area (Å²) in [4.78, 5) is 11.7. The number of benzene rings is 1. The van der Waals surface area contributed by atoms with Crippen molar-refractivity contribution in [3.05, 3.63) is 28.5 Å². The van der Waals surface area contributed by atoms with Crippen LogP contribution in [0.5, 0.6) is 0 Å². The lowest BCUT2D eigenvalue weighted by molar-refractivity contribution is -0.119. The van der Waals surface area contributed by atoms with E-state index in [0.717, 1.165) is 6.42 Å². The Morgan fingerprint density at radius 3 is 3.00 bits per heavy atom. The second-order valence-corrected chi connectivity index (χ2v) is 4.53. The number of rotatable bonds is 2. The van der Waals surface area contributed by atoms with Crippen LogP contribution in [-0.4, -0.2) is 19.1 Å². The van der Waals surface area contributed by atoms with Crippen LogP contribution in [0.15, 0.2) is 22.7 Å². The van der Waals surface area contributed by atoms with Gasteiger partial charge in [0, 0.05) is 11.1 Å². The molecule has 1 unspecified atom stereocenters. The molecule has 16 heavy (non-hydrogen) atoms. The molecular weight excluding hydrogens is 277 g/mol. The van der Waals surface area contributed by atoms with Crippen LogP contribution < -0.4 is 5.32 Å². The molecular formula is C11H11BrFNO2. The first-order valence-electron chi connectivity index (χ1n) is 5.00. The van der Waals surface area contributed by atoms with E-state index in [0.29, 0.717) is 23.4 Å². The van der Waals surface area contributed by atoms with Gasteiger partial charge in [0.15, 0.2) is 0 Å². The molecule has 5 heteroatoms. The predicted molar refractivity (Wildman–Crippen MR) is 61.7 cm³/mol. The fraction of sp³-hybridized carbons (Fsp3) is 0.364. The number of hydrogen-bond donors (Lipinski definition) is 1. The normalized spacial score (nSPS) is 19.8.